The van der Waals surface area contributed by atoms with Gasteiger partial charge >= 0.3 is 0 Å². The molecule has 12 heteroatoms. The fourth-order valence-electron chi connectivity index (χ4n) is 8.98. The standard InChI is InChI=1S/C39H45FN8O3/c1-24(2)47-23-42-32-21-31(44-36(35(32)47)43-30-8-12-41-22-29(30)40)25-6-7-28-33(18-25)48(27-19-26(20-27)45-13-4-3-5-14-45)38(50)39(28)10-15-46(16-11-39)37(49)34-9-17-51-34/h6-8,12,18,21-24,26-27,34H,3-5,9-11,13-17,19-20H2,1-2H3,(H,41,43,44). The fraction of sp³-hybridized carbons (Fsp3) is 0.513. The molecule has 0 bridgehead atoms. The summed E-state index contributed by atoms with van der Waals surface area (Å²) < 4.78 is 22.4. The first-order valence-corrected chi connectivity index (χ1v) is 18.7. The third-order valence-corrected chi connectivity index (χ3v) is 12.1. The van der Waals surface area contributed by atoms with E-state index in [1.54, 1.807) is 18.6 Å². The second-order valence-corrected chi connectivity index (χ2v) is 15.3. The van der Waals surface area contributed by atoms with Crippen LogP contribution in [0.1, 0.15) is 76.8 Å². The number of fused-ring (bicyclic) bond motifs is 3. The molecule has 1 spiro atoms. The fourth-order valence-corrected chi connectivity index (χ4v) is 8.98. The van der Waals surface area contributed by atoms with Crippen molar-refractivity contribution in [2.75, 3.05) is 43.0 Å². The van der Waals surface area contributed by atoms with Crippen LogP contribution in [0.25, 0.3) is 22.3 Å². The van der Waals surface area contributed by atoms with Crippen molar-refractivity contribution in [1.82, 2.24) is 29.3 Å². The molecule has 1 atom stereocenters. The summed E-state index contributed by atoms with van der Waals surface area (Å²) in [4.78, 5) is 48.2. The van der Waals surface area contributed by atoms with Crippen LogP contribution in [-0.2, 0) is 19.7 Å². The van der Waals surface area contributed by atoms with Gasteiger partial charge in [-0.05, 0) is 89.2 Å². The van der Waals surface area contributed by atoms with E-state index in [2.05, 4.69) is 52.1 Å². The average molecular weight is 693 g/mol. The number of pyridine rings is 2. The van der Waals surface area contributed by atoms with Crippen LogP contribution in [0, 0.1) is 5.82 Å². The first-order valence-electron chi connectivity index (χ1n) is 18.7. The van der Waals surface area contributed by atoms with E-state index in [1.165, 1.54) is 25.5 Å². The van der Waals surface area contributed by atoms with Gasteiger partial charge in [-0.2, -0.15) is 0 Å². The summed E-state index contributed by atoms with van der Waals surface area (Å²) in [6.07, 6.45) is 11.9. The predicted molar refractivity (Wildman–Crippen MR) is 192 cm³/mol. The van der Waals surface area contributed by atoms with Crippen LogP contribution in [0.5, 0.6) is 0 Å². The number of nitrogens with zero attached hydrogens (tertiary/aromatic N) is 7. The number of imidazole rings is 1. The molecule has 51 heavy (non-hydrogen) atoms. The highest BCUT2D eigenvalue weighted by Crippen LogP contribution is 2.52. The molecular formula is C39H45FN8O3. The van der Waals surface area contributed by atoms with E-state index in [-0.39, 0.29) is 35.7 Å². The van der Waals surface area contributed by atoms with Crippen LogP contribution in [0.15, 0.2) is 49.1 Å². The van der Waals surface area contributed by atoms with E-state index in [4.69, 9.17) is 14.7 Å². The van der Waals surface area contributed by atoms with Crippen LogP contribution >= 0.6 is 0 Å². The van der Waals surface area contributed by atoms with Crippen LogP contribution in [0.2, 0.25) is 0 Å². The molecule has 7 heterocycles. The quantitative estimate of drug-likeness (QED) is 0.253. The van der Waals surface area contributed by atoms with Gasteiger partial charge in [0.2, 0.25) is 5.91 Å². The van der Waals surface area contributed by atoms with E-state index in [0.29, 0.717) is 50.1 Å². The zero-order valence-electron chi connectivity index (χ0n) is 29.4. The Hall–Kier alpha value is -4.42. The number of piperidine rings is 2. The number of nitrogens with one attached hydrogen (secondary N) is 1. The molecular weight excluding hydrogens is 647 g/mol. The minimum atomic E-state index is -0.666. The Morgan fingerprint density at radius 3 is 2.53 bits per heavy atom. The summed E-state index contributed by atoms with van der Waals surface area (Å²) in [6.45, 7) is 8.15. The monoisotopic (exact) mass is 692 g/mol. The van der Waals surface area contributed by atoms with Crippen molar-refractivity contribution in [2.24, 2.45) is 0 Å². The molecule has 4 fully saturated rings. The Balaban J connectivity index is 1.09. The van der Waals surface area contributed by atoms with Gasteiger partial charge in [-0.25, -0.2) is 14.4 Å². The van der Waals surface area contributed by atoms with Crippen molar-refractivity contribution >= 4 is 40.0 Å². The molecule has 266 valence electrons. The van der Waals surface area contributed by atoms with E-state index >= 15 is 0 Å². The third kappa shape index (κ3) is 5.40. The van der Waals surface area contributed by atoms with Gasteiger partial charge in [0.1, 0.15) is 11.6 Å². The van der Waals surface area contributed by atoms with Gasteiger partial charge in [-0.15, -0.1) is 0 Å². The van der Waals surface area contributed by atoms with Gasteiger partial charge < -0.3 is 29.3 Å². The number of hydrogen-bond acceptors (Lipinski definition) is 8. The van der Waals surface area contributed by atoms with Crippen LogP contribution < -0.4 is 10.2 Å². The zero-order valence-corrected chi connectivity index (χ0v) is 29.4. The average Bonchev–Trinajstić information content (AvgIpc) is 3.63. The van der Waals surface area contributed by atoms with Crippen molar-refractivity contribution in [3.05, 3.63) is 60.4 Å². The van der Waals surface area contributed by atoms with Crippen molar-refractivity contribution in [2.45, 2.75) is 94.9 Å². The normalized spacial score (nSPS) is 24.5. The summed E-state index contributed by atoms with van der Waals surface area (Å²) in [5.41, 5.74) is 4.69. The molecule has 1 aliphatic carbocycles. The molecule has 3 saturated heterocycles. The Morgan fingerprint density at radius 2 is 1.82 bits per heavy atom. The van der Waals surface area contributed by atoms with Gasteiger partial charge in [0.05, 0.1) is 41.4 Å². The molecule has 1 N–H and O–H groups in total. The largest absolute Gasteiger partial charge is 0.368 e. The Labute approximate surface area is 297 Å². The molecule has 1 aromatic carbocycles. The lowest BCUT2D eigenvalue weighted by Gasteiger charge is -2.48. The summed E-state index contributed by atoms with van der Waals surface area (Å²) in [5, 5.41) is 3.23. The maximum Gasteiger partial charge on any atom is 0.251 e. The number of carbonyl (C=O) groups excluding carboxylic acids is 2. The first-order chi connectivity index (χ1) is 24.8. The van der Waals surface area contributed by atoms with Crippen LogP contribution in [0.3, 0.4) is 0 Å². The lowest BCUT2D eigenvalue weighted by Crippen LogP contribution is -2.59. The predicted octanol–water partition coefficient (Wildman–Crippen LogP) is 5.97. The van der Waals surface area contributed by atoms with Crippen LogP contribution in [0.4, 0.5) is 21.6 Å². The molecule has 2 amide bonds. The van der Waals surface area contributed by atoms with Crippen molar-refractivity contribution in [3.8, 4) is 11.3 Å². The lowest BCUT2D eigenvalue weighted by atomic mass is 9.73. The number of amides is 2. The maximum absolute atomic E-state index is 14.8. The number of halogens is 1. The Bertz CT molecular complexity index is 1990. The van der Waals surface area contributed by atoms with E-state index in [1.807, 2.05) is 15.5 Å². The van der Waals surface area contributed by atoms with Gasteiger partial charge in [0.25, 0.3) is 5.91 Å². The molecule has 5 aliphatic rings. The number of ether oxygens (including phenoxy) is 1. The molecule has 11 nitrogen and oxygen atoms in total. The minimum absolute atomic E-state index is 0.0507. The highest BCUT2D eigenvalue weighted by atomic mass is 19.1. The molecule has 4 aromatic rings. The molecule has 9 rings (SSSR count). The van der Waals surface area contributed by atoms with Gasteiger partial charge in [-0.1, -0.05) is 18.6 Å². The summed E-state index contributed by atoms with van der Waals surface area (Å²) in [7, 11) is 0. The number of hydrogen-bond donors (Lipinski definition) is 1. The smallest absolute Gasteiger partial charge is 0.251 e. The van der Waals surface area contributed by atoms with Crippen LogP contribution in [-0.4, -0.2) is 92.1 Å². The van der Waals surface area contributed by atoms with Gasteiger partial charge in [0.15, 0.2) is 11.6 Å². The van der Waals surface area contributed by atoms with Crippen molar-refractivity contribution < 1.29 is 18.7 Å². The molecule has 0 radical (unpaired) electrons. The maximum atomic E-state index is 14.8. The molecule has 1 saturated carbocycles. The Kier molecular flexibility index (Phi) is 8.07. The van der Waals surface area contributed by atoms with Crippen molar-refractivity contribution in [3.63, 3.8) is 0 Å². The Morgan fingerprint density at radius 1 is 1.04 bits per heavy atom. The third-order valence-electron chi connectivity index (χ3n) is 12.1. The highest BCUT2D eigenvalue weighted by Gasteiger charge is 2.56. The number of anilines is 3. The summed E-state index contributed by atoms with van der Waals surface area (Å²) >= 11 is 0. The molecule has 3 aromatic heterocycles. The zero-order chi connectivity index (χ0) is 34.9. The topological polar surface area (TPSA) is 109 Å². The van der Waals surface area contributed by atoms with E-state index in [9.17, 15) is 14.0 Å². The molecule has 1 unspecified atom stereocenters. The SMILES string of the molecule is CC(C)n1cnc2cc(-c3ccc4c(c3)N(C3CC(N5CCCCC5)C3)C(=O)C43CCN(C(=O)C4CCO4)CC3)nc(Nc3ccncc3F)c21. The number of benzene rings is 1. The van der Waals surface area contributed by atoms with E-state index in [0.717, 1.165) is 60.2 Å². The highest BCUT2D eigenvalue weighted by molar-refractivity contribution is 6.09. The number of rotatable bonds is 7. The second-order valence-electron chi connectivity index (χ2n) is 15.3. The summed E-state index contributed by atoms with van der Waals surface area (Å²) in [5.74, 6) is 0.245. The number of aromatic nitrogens is 4. The van der Waals surface area contributed by atoms with Gasteiger partial charge in [0, 0.05) is 55.1 Å². The minimum Gasteiger partial charge on any atom is -0.368 e. The van der Waals surface area contributed by atoms with Gasteiger partial charge in [-0.3, -0.25) is 14.6 Å². The summed E-state index contributed by atoms with van der Waals surface area (Å²) in [6, 6.07) is 10.6. The first kappa shape index (κ1) is 32.5. The molecule has 4 aliphatic heterocycles. The number of likely N-dealkylation sites (tertiary alicyclic amines) is 2. The van der Waals surface area contributed by atoms with E-state index < -0.39 is 11.2 Å². The lowest BCUT2D eigenvalue weighted by molar-refractivity contribution is -0.158. The van der Waals surface area contributed by atoms with Crippen molar-refractivity contribution in [1.29, 1.82) is 0 Å². The second kappa shape index (κ2) is 12.7. The number of carbonyl (C=O) groups is 2.